The molecule has 4 rings (SSSR count). The Morgan fingerprint density at radius 2 is 1.84 bits per heavy atom. The van der Waals surface area contributed by atoms with E-state index in [2.05, 4.69) is 17.3 Å². The fourth-order valence-corrected chi connectivity index (χ4v) is 6.53. The lowest BCUT2D eigenvalue weighted by Crippen LogP contribution is -2.60. The minimum atomic E-state index is -0.635. The van der Waals surface area contributed by atoms with Gasteiger partial charge in [-0.1, -0.05) is 38.5 Å². The first-order valence-electron chi connectivity index (χ1n) is 11.5. The number of likely N-dealkylation sites (N-methyl/N-ethyl adjacent to an activating group) is 1. The second kappa shape index (κ2) is 8.71. The molecule has 0 aromatic heterocycles. The monoisotopic (exact) mass is 458 g/mol. The van der Waals surface area contributed by atoms with Gasteiger partial charge in [-0.2, -0.15) is 0 Å². The van der Waals surface area contributed by atoms with Crippen LogP contribution >= 0.6 is 11.8 Å². The summed E-state index contributed by atoms with van der Waals surface area (Å²) in [7, 11) is 2.05. The molecule has 0 unspecified atom stereocenters. The maximum atomic E-state index is 13.7. The van der Waals surface area contributed by atoms with Crippen LogP contribution in [0, 0.1) is 5.92 Å². The topological polar surface area (TPSA) is 73.0 Å². The lowest BCUT2D eigenvalue weighted by Gasteiger charge is -2.37. The Balaban J connectivity index is 1.56. The van der Waals surface area contributed by atoms with Gasteiger partial charge in [0.15, 0.2) is 0 Å². The highest BCUT2D eigenvalue weighted by atomic mass is 32.2. The summed E-state index contributed by atoms with van der Waals surface area (Å²) in [6.45, 7) is 11.1. The highest BCUT2D eigenvalue weighted by molar-refractivity contribution is 8.01. The van der Waals surface area contributed by atoms with Crippen LogP contribution in [0.3, 0.4) is 0 Å². The van der Waals surface area contributed by atoms with Gasteiger partial charge in [-0.05, 0) is 38.4 Å². The number of fused-ring (bicyclic) bond motifs is 3. The molecule has 32 heavy (non-hydrogen) atoms. The third-order valence-corrected chi connectivity index (χ3v) is 8.67. The molecule has 7 nitrogen and oxygen atoms in total. The second-order valence-corrected chi connectivity index (χ2v) is 11.5. The zero-order chi connectivity index (χ0) is 23.2. The van der Waals surface area contributed by atoms with E-state index in [0.29, 0.717) is 18.7 Å². The van der Waals surface area contributed by atoms with Gasteiger partial charge in [0.25, 0.3) is 5.91 Å². The van der Waals surface area contributed by atoms with Crippen LogP contribution in [0.25, 0.3) is 0 Å². The summed E-state index contributed by atoms with van der Waals surface area (Å²) in [4.78, 5) is 46.1. The van der Waals surface area contributed by atoms with Gasteiger partial charge in [-0.25, -0.2) is 0 Å². The second-order valence-electron chi connectivity index (χ2n) is 9.78. The maximum Gasteiger partial charge on any atom is 0.256 e. The van der Waals surface area contributed by atoms with E-state index in [1.807, 2.05) is 56.9 Å². The first-order valence-corrected chi connectivity index (χ1v) is 12.4. The van der Waals surface area contributed by atoms with E-state index in [0.717, 1.165) is 25.1 Å². The average Bonchev–Trinajstić information content (AvgIpc) is 3.20. The number of carbonyl (C=O) groups is 3. The lowest BCUT2D eigenvalue weighted by molar-refractivity contribution is -0.140. The molecule has 1 aromatic rings. The van der Waals surface area contributed by atoms with E-state index in [1.165, 1.54) is 0 Å². The van der Waals surface area contributed by atoms with E-state index in [4.69, 9.17) is 0 Å². The number of thioether (sulfide) groups is 1. The number of carbonyl (C=O) groups excluding carboxylic acids is 3. The summed E-state index contributed by atoms with van der Waals surface area (Å²) in [6.07, 6.45) is 0.782. The predicted octanol–water partition coefficient (Wildman–Crippen LogP) is 2.34. The third kappa shape index (κ3) is 3.92. The van der Waals surface area contributed by atoms with E-state index in [1.54, 1.807) is 16.7 Å². The first kappa shape index (κ1) is 23.1. The molecule has 3 heterocycles. The molecule has 4 atom stereocenters. The molecule has 3 aliphatic rings. The Hall–Kier alpha value is -2.06. The molecule has 3 aliphatic heterocycles. The van der Waals surface area contributed by atoms with Gasteiger partial charge >= 0.3 is 0 Å². The van der Waals surface area contributed by atoms with Crippen LogP contribution in [0.15, 0.2) is 24.3 Å². The minimum Gasteiger partial charge on any atom is -0.342 e. The smallest absolute Gasteiger partial charge is 0.256 e. The predicted molar refractivity (Wildman–Crippen MR) is 126 cm³/mol. The Bertz CT molecular complexity index is 912. The normalized spacial score (nSPS) is 26.5. The summed E-state index contributed by atoms with van der Waals surface area (Å²) >= 11 is 1.64. The van der Waals surface area contributed by atoms with Crippen LogP contribution in [0.2, 0.25) is 0 Å². The van der Waals surface area contributed by atoms with Crippen molar-refractivity contribution < 1.29 is 14.4 Å². The van der Waals surface area contributed by atoms with Crippen LogP contribution in [0.1, 0.15) is 55.4 Å². The van der Waals surface area contributed by atoms with Gasteiger partial charge in [-0.15, -0.1) is 11.8 Å². The lowest BCUT2D eigenvalue weighted by atomic mass is 9.95. The van der Waals surface area contributed by atoms with Gasteiger partial charge in [0.1, 0.15) is 17.5 Å². The highest BCUT2D eigenvalue weighted by Crippen LogP contribution is 2.56. The molecular weight excluding hydrogens is 424 g/mol. The van der Waals surface area contributed by atoms with Gasteiger partial charge < -0.3 is 20.0 Å². The van der Waals surface area contributed by atoms with E-state index < -0.39 is 16.8 Å². The summed E-state index contributed by atoms with van der Waals surface area (Å²) in [6, 6.07) is 6.37. The van der Waals surface area contributed by atoms with Crippen molar-refractivity contribution in [1.29, 1.82) is 0 Å². The standard InChI is InChI=1S/C24H34N4O3S/c1-6-15(2)18(22(31)27-13-11-26(5)12-14-27)25-20(29)19-24(3,4)32-23-17-10-8-7-9-16(17)21(30)28(19)23/h7-10,15,18-19,23H,6,11-14H2,1-5H3,(H,25,29)/t15-,18+,19-,23-/m1/s1. The van der Waals surface area contributed by atoms with Crippen LogP contribution in [-0.4, -0.2) is 82.5 Å². The Morgan fingerprint density at radius 1 is 1.19 bits per heavy atom. The molecule has 2 saturated heterocycles. The number of hydrogen-bond acceptors (Lipinski definition) is 5. The van der Waals surface area contributed by atoms with E-state index in [9.17, 15) is 14.4 Å². The van der Waals surface area contributed by atoms with Crippen molar-refractivity contribution in [2.24, 2.45) is 5.92 Å². The molecule has 0 radical (unpaired) electrons. The molecule has 3 amide bonds. The van der Waals surface area contributed by atoms with Crippen LogP contribution in [-0.2, 0) is 9.59 Å². The number of amides is 3. The quantitative estimate of drug-likeness (QED) is 0.733. The molecule has 1 aromatic carbocycles. The van der Waals surface area contributed by atoms with Crippen molar-refractivity contribution in [2.75, 3.05) is 33.2 Å². The largest absolute Gasteiger partial charge is 0.342 e. The molecule has 0 aliphatic carbocycles. The first-order chi connectivity index (χ1) is 15.2. The van der Waals surface area contributed by atoms with Crippen molar-refractivity contribution in [2.45, 2.75) is 56.3 Å². The maximum absolute atomic E-state index is 13.7. The molecule has 174 valence electrons. The van der Waals surface area contributed by atoms with Crippen molar-refractivity contribution >= 4 is 29.5 Å². The highest BCUT2D eigenvalue weighted by Gasteiger charge is 2.57. The molecule has 2 fully saturated rings. The molecule has 0 spiro atoms. The molecule has 0 saturated carbocycles. The summed E-state index contributed by atoms with van der Waals surface area (Å²) in [5.74, 6) is -0.351. The molecule has 0 bridgehead atoms. The van der Waals surface area contributed by atoms with Crippen LogP contribution in [0.5, 0.6) is 0 Å². The number of piperazine rings is 1. The number of benzene rings is 1. The Kier molecular flexibility index (Phi) is 6.29. The van der Waals surface area contributed by atoms with Gasteiger partial charge in [0.2, 0.25) is 11.8 Å². The zero-order valence-electron chi connectivity index (χ0n) is 19.6. The fraction of sp³-hybridized carbons (Fsp3) is 0.625. The average molecular weight is 459 g/mol. The van der Waals surface area contributed by atoms with Crippen LogP contribution in [0.4, 0.5) is 0 Å². The van der Waals surface area contributed by atoms with Gasteiger partial charge in [0, 0.05) is 36.5 Å². The summed E-state index contributed by atoms with van der Waals surface area (Å²) < 4.78 is -0.463. The van der Waals surface area contributed by atoms with Crippen LogP contribution < -0.4 is 5.32 Å². The Labute approximate surface area is 194 Å². The van der Waals surface area contributed by atoms with E-state index >= 15 is 0 Å². The molecular formula is C24H34N4O3S. The van der Waals surface area contributed by atoms with Gasteiger partial charge in [-0.3, -0.25) is 14.4 Å². The number of nitrogens with zero attached hydrogens (tertiary/aromatic N) is 3. The van der Waals surface area contributed by atoms with Crippen molar-refractivity contribution in [3.63, 3.8) is 0 Å². The molecule has 8 heteroatoms. The SMILES string of the molecule is CC[C@@H](C)[C@H](NC(=O)[C@H]1N2C(=O)c3ccccc3[C@H]2SC1(C)C)C(=O)N1CCN(C)CC1. The number of rotatable bonds is 5. The fourth-order valence-electron chi connectivity index (χ4n) is 4.94. The van der Waals surface area contributed by atoms with E-state index in [-0.39, 0.29) is 29.0 Å². The zero-order valence-corrected chi connectivity index (χ0v) is 20.4. The number of hydrogen-bond donors (Lipinski definition) is 1. The summed E-state index contributed by atoms with van der Waals surface area (Å²) in [5.41, 5.74) is 1.64. The summed E-state index contributed by atoms with van der Waals surface area (Å²) in [5, 5.41) is 2.92. The van der Waals surface area contributed by atoms with Crippen molar-refractivity contribution in [1.82, 2.24) is 20.0 Å². The van der Waals surface area contributed by atoms with Crippen molar-refractivity contribution in [3.8, 4) is 0 Å². The molecule has 1 N–H and O–H groups in total. The third-order valence-electron chi connectivity index (χ3n) is 7.14. The Morgan fingerprint density at radius 3 is 2.50 bits per heavy atom. The minimum absolute atomic E-state index is 0.00514. The van der Waals surface area contributed by atoms with Gasteiger partial charge in [0.05, 0.1) is 0 Å². The number of nitrogens with one attached hydrogen (secondary N) is 1. The van der Waals surface area contributed by atoms with Crippen molar-refractivity contribution in [3.05, 3.63) is 35.4 Å².